The number of urea groups is 1. The number of nitrogens with one attached hydrogen (secondary N) is 1. The van der Waals surface area contributed by atoms with Gasteiger partial charge in [0.1, 0.15) is 0 Å². The first-order valence-electron chi connectivity index (χ1n) is 9.21. The molecule has 1 aliphatic rings. The van der Waals surface area contributed by atoms with Gasteiger partial charge in [-0.25, -0.2) is 14.2 Å². The third kappa shape index (κ3) is 4.79. The molecule has 2 heterocycles. The molecule has 150 valence electrons. The van der Waals surface area contributed by atoms with Crippen LogP contribution in [-0.4, -0.2) is 60.8 Å². The average Bonchev–Trinajstić information content (AvgIpc) is 2.95. The molecule has 1 fully saturated rings. The highest BCUT2D eigenvalue weighted by atomic mass is 19.1. The SMILES string of the molecule is CCOc1ccnc(N2CCCN(C(=O)Nc3ccc(OC)c(F)c3)CC2)n1. The minimum atomic E-state index is -0.520. The molecular formula is C19H24FN5O3. The smallest absolute Gasteiger partial charge is 0.321 e. The van der Waals surface area contributed by atoms with Crippen molar-refractivity contribution in [1.82, 2.24) is 14.9 Å². The summed E-state index contributed by atoms with van der Waals surface area (Å²) in [6.45, 7) is 4.87. The van der Waals surface area contributed by atoms with Crippen molar-refractivity contribution >= 4 is 17.7 Å². The van der Waals surface area contributed by atoms with E-state index in [1.165, 1.54) is 19.2 Å². The second-order valence-electron chi connectivity index (χ2n) is 6.24. The lowest BCUT2D eigenvalue weighted by Gasteiger charge is -2.22. The zero-order chi connectivity index (χ0) is 19.9. The number of amides is 2. The highest BCUT2D eigenvalue weighted by molar-refractivity contribution is 5.89. The Morgan fingerprint density at radius 3 is 2.86 bits per heavy atom. The molecule has 0 bridgehead atoms. The maximum Gasteiger partial charge on any atom is 0.321 e. The van der Waals surface area contributed by atoms with E-state index in [9.17, 15) is 9.18 Å². The van der Waals surface area contributed by atoms with Gasteiger partial charge in [0.2, 0.25) is 11.8 Å². The number of nitrogens with zero attached hydrogens (tertiary/aromatic N) is 4. The fraction of sp³-hybridized carbons (Fsp3) is 0.421. The first-order chi connectivity index (χ1) is 13.6. The molecule has 2 aromatic rings. The van der Waals surface area contributed by atoms with E-state index in [4.69, 9.17) is 9.47 Å². The highest BCUT2D eigenvalue weighted by Gasteiger charge is 2.21. The molecule has 28 heavy (non-hydrogen) atoms. The minimum absolute atomic E-state index is 0.137. The van der Waals surface area contributed by atoms with Crippen molar-refractivity contribution < 1.29 is 18.7 Å². The lowest BCUT2D eigenvalue weighted by Crippen LogP contribution is -2.38. The number of hydrogen-bond donors (Lipinski definition) is 1. The molecule has 2 amide bonds. The van der Waals surface area contributed by atoms with Crippen molar-refractivity contribution in [2.75, 3.05) is 50.1 Å². The maximum atomic E-state index is 13.8. The van der Waals surface area contributed by atoms with E-state index in [-0.39, 0.29) is 11.8 Å². The zero-order valence-electron chi connectivity index (χ0n) is 16.0. The third-order valence-corrected chi connectivity index (χ3v) is 4.38. The van der Waals surface area contributed by atoms with Gasteiger partial charge in [-0.2, -0.15) is 4.98 Å². The van der Waals surface area contributed by atoms with Crippen LogP contribution in [0.1, 0.15) is 13.3 Å². The Hall–Kier alpha value is -3.10. The first-order valence-corrected chi connectivity index (χ1v) is 9.21. The summed E-state index contributed by atoms with van der Waals surface area (Å²) in [6, 6.07) is 5.79. The number of ether oxygens (including phenoxy) is 2. The average molecular weight is 389 g/mol. The number of halogens is 1. The van der Waals surface area contributed by atoms with Crippen LogP contribution >= 0.6 is 0 Å². The predicted molar refractivity (Wildman–Crippen MR) is 104 cm³/mol. The summed E-state index contributed by atoms with van der Waals surface area (Å²) in [5.41, 5.74) is 0.386. The van der Waals surface area contributed by atoms with Gasteiger partial charge in [-0.05, 0) is 25.5 Å². The van der Waals surface area contributed by atoms with Crippen molar-refractivity contribution in [3.05, 3.63) is 36.3 Å². The molecule has 0 atom stereocenters. The molecule has 1 aromatic carbocycles. The fourth-order valence-corrected chi connectivity index (χ4v) is 2.98. The van der Waals surface area contributed by atoms with Crippen molar-refractivity contribution in [2.45, 2.75) is 13.3 Å². The second-order valence-corrected chi connectivity index (χ2v) is 6.24. The molecule has 1 N–H and O–H groups in total. The van der Waals surface area contributed by atoms with Gasteiger partial charge in [0, 0.05) is 50.2 Å². The quantitative estimate of drug-likeness (QED) is 0.847. The number of benzene rings is 1. The van der Waals surface area contributed by atoms with Crippen LogP contribution in [0.2, 0.25) is 0 Å². The predicted octanol–water partition coefficient (Wildman–Crippen LogP) is 2.77. The topological polar surface area (TPSA) is 79.8 Å². The number of carbonyl (C=O) groups is 1. The van der Waals surface area contributed by atoms with E-state index in [1.54, 1.807) is 23.2 Å². The van der Waals surface area contributed by atoms with E-state index in [1.807, 2.05) is 11.8 Å². The summed E-state index contributed by atoms with van der Waals surface area (Å²) in [5.74, 6) is 0.740. The highest BCUT2D eigenvalue weighted by Crippen LogP contribution is 2.21. The molecule has 0 aliphatic carbocycles. The van der Waals surface area contributed by atoms with Crippen LogP contribution in [0.15, 0.2) is 30.5 Å². The second kappa shape index (κ2) is 9.20. The van der Waals surface area contributed by atoms with Crippen LogP contribution in [-0.2, 0) is 0 Å². The molecule has 0 saturated carbocycles. The van der Waals surface area contributed by atoms with Gasteiger partial charge in [0.15, 0.2) is 11.6 Å². The van der Waals surface area contributed by atoms with E-state index in [2.05, 4.69) is 15.3 Å². The van der Waals surface area contributed by atoms with Gasteiger partial charge in [-0.1, -0.05) is 0 Å². The molecule has 0 unspecified atom stereocenters. The van der Waals surface area contributed by atoms with Crippen LogP contribution in [0.25, 0.3) is 0 Å². The molecule has 0 radical (unpaired) electrons. The van der Waals surface area contributed by atoms with Crippen molar-refractivity contribution in [3.63, 3.8) is 0 Å². The summed E-state index contributed by atoms with van der Waals surface area (Å²) >= 11 is 0. The third-order valence-electron chi connectivity index (χ3n) is 4.38. The molecule has 8 nitrogen and oxygen atoms in total. The van der Waals surface area contributed by atoms with Crippen LogP contribution in [0, 0.1) is 5.82 Å². The number of aromatic nitrogens is 2. The van der Waals surface area contributed by atoms with Gasteiger partial charge in [0.05, 0.1) is 13.7 Å². The van der Waals surface area contributed by atoms with E-state index < -0.39 is 5.82 Å². The molecule has 0 spiro atoms. The Balaban J connectivity index is 1.60. The monoisotopic (exact) mass is 389 g/mol. The summed E-state index contributed by atoms with van der Waals surface area (Å²) in [4.78, 5) is 25.0. The molecular weight excluding hydrogens is 365 g/mol. The van der Waals surface area contributed by atoms with Crippen LogP contribution in [0.5, 0.6) is 11.6 Å². The van der Waals surface area contributed by atoms with Crippen LogP contribution < -0.4 is 19.7 Å². The summed E-state index contributed by atoms with van der Waals surface area (Å²) in [6.07, 6.45) is 2.44. The lowest BCUT2D eigenvalue weighted by atomic mass is 10.3. The first kappa shape index (κ1) is 19.7. The fourth-order valence-electron chi connectivity index (χ4n) is 2.98. The lowest BCUT2D eigenvalue weighted by molar-refractivity contribution is 0.215. The van der Waals surface area contributed by atoms with Gasteiger partial charge in [-0.3, -0.25) is 0 Å². The zero-order valence-corrected chi connectivity index (χ0v) is 16.0. The van der Waals surface area contributed by atoms with E-state index >= 15 is 0 Å². The Morgan fingerprint density at radius 2 is 2.11 bits per heavy atom. The Kier molecular flexibility index (Phi) is 6.46. The largest absolute Gasteiger partial charge is 0.494 e. The molecule has 3 rings (SSSR count). The molecule has 1 aromatic heterocycles. The number of hydrogen-bond acceptors (Lipinski definition) is 6. The maximum absolute atomic E-state index is 13.8. The Labute approximate surface area is 163 Å². The number of carbonyl (C=O) groups excluding carboxylic acids is 1. The minimum Gasteiger partial charge on any atom is -0.494 e. The number of anilines is 2. The summed E-state index contributed by atoms with van der Waals surface area (Å²) in [5, 5.41) is 2.73. The Bertz CT molecular complexity index is 820. The van der Waals surface area contributed by atoms with E-state index in [0.717, 1.165) is 13.0 Å². The Morgan fingerprint density at radius 1 is 1.25 bits per heavy atom. The van der Waals surface area contributed by atoms with Gasteiger partial charge in [-0.15, -0.1) is 0 Å². The van der Waals surface area contributed by atoms with Crippen LogP contribution in [0.4, 0.5) is 20.8 Å². The standard InChI is InChI=1S/C19H24FN5O3/c1-3-28-17-7-8-21-18(23-17)24-9-4-10-25(12-11-24)19(26)22-14-5-6-16(27-2)15(20)13-14/h5-8,13H,3-4,9-12H2,1-2H3,(H,22,26). The molecule has 9 heteroatoms. The van der Waals surface area contributed by atoms with Gasteiger partial charge < -0.3 is 24.6 Å². The number of rotatable bonds is 5. The van der Waals surface area contributed by atoms with Gasteiger partial charge >= 0.3 is 6.03 Å². The normalized spacial score (nSPS) is 14.4. The van der Waals surface area contributed by atoms with Crippen molar-refractivity contribution in [1.29, 1.82) is 0 Å². The number of methoxy groups -OCH3 is 1. The molecule has 1 saturated heterocycles. The van der Waals surface area contributed by atoms with Crippen molar-refractivity contribution in [2.24, 2.45) is 0 Å². The molecule has 1 aliphatic heterocycles. The van der Waals surface area contributed by atoms with Crippen molar-refractivity contribution in [3.8, 4) is 11.6 Å². The summed E-state index contributed by atoms with van der Waals surface area (Å²) in [7, 11) is 1.40. The van der Waals surface area contributed by atoms with E-state index in [0.29, 0.717) is 43.8 Å². The van der Waals surface area contributed by atoms with Gasteiger partial charge in [0.25, 0.3) is 0 Å². The van der Waals surface area contributed by atoms with Crippen LogP contribution in [0.3, 0.4) is 0 Å². The summed E-state index contributed by atoms with van der Waals surface area (Å²) < 4.78 is 24.1.